The molecule has 2 rings (SSSR count). The van der Waals surface area contributed by atoms with Gasteiger partial charge in [-0.3, -0.25) is 9.79 Å². The number of carbonyl (C=O) groups is 1. The zero-order valence-electron chi connectivity index (χ0n) is 13.4. The van der Waals surface area contributed by atoms with Crippen molar-refractivity contribution < 1.29 is 9.53 Å². The van der Waals surface area contributed by atoms with Crippen molar-refractivity contribution in [3.8, 4) is 0 Å². The van der Waals surface area contributed by atoms with Crippen LogP contribution in [0.4, 0.5) is 5.82 Å². The largest absolute Gasteiger partial charge is 0.469 e. The minimum atomic E-state index is -0.329. The van der Waals surface area contributed by atoms with Crippen molar-refractivity contribution in [2.24, 2.45) is 16.8 Å². The Morgan fingerprint density at radius 1 is 1.42 bits per heavy atom. The number of halogens is 2. The molecule has 2 heterocycles. The molecule has 0 saturated carbocycles. The van der Waals surface area contributed by atoms with Crippen molar-refractivity contribution in [3.05, 3.63) is 40.7 Å². The lowest BCUT2D eigenvalue weighted by atomic mass is 9.97. The first-order chi connectivity index (χ1) is 11.5. The smallest absolute Gasteiger partial charge is 0.311 e. The van der Waals surface area contributed by atoms with E-state index in [-0.39, 0.29) is 17.8 Å². The summed E-state index contributed by atoms with van der Waals surface area (Å²) in [5.74, 6) is -0.0579. The second kappa shape index (κ2) is 8.80. The second-order valence-corrected chi connectivity index (χ2v) is 6.05. The van der Waals surface area contributed by atoms with E-state index < -0.39 is 0 Å². The van der Waals surface area contributed by atoms with E-state index in [1.54, 1.807) is 30.6 Å². The number of nitrogens with zero attached hydrogens (tertiary/aromatic N) is 4. The lowest BCUT2D eigenvalue weighted by molar-refractivity contribution is -0.145. The molecule has 24 heavy (non-hydrogen) atoms. The summed E-state index contributed by atoms with van der Waals surface area (Å²) in [4.78, 5) is 18.2. The molecule has 0 aliphatic carbocycles. The van der Waals surface area contributed by atoms with Crippen molar-refractivity contribution in [3.63, 3.8) is 0 Å². The van der Waals surface area contributed by atoms with Gasteiger partial charge < -0.3 is 9.64 Å². The molecule has 1 aliphatic heterocycles. The Balaban J connectivity index is 2.15. The van der Waals surface area contributed by atoms with E-state index in [1.165, 1.54) is 7.11 Å². The number of methoxy groups -OCH3 is 1. The molecule has 0 N–H and O–H groups in total. The number of allylic oxidation sites excluding steroid dienone is 3. The fourth-order valence-electron chi connectivity index (χ4n) is 2.47. The minimum Gasteiger partial charge on any atom is -0.469 e. The Kier molecular flexibility index (Phi) is 6.75. The van der Waals surface area contributed by atoms with Crippen molar-refractivity contribution in [2.45, 2.75) is 6.92 Å². The van der Waals surface area contributed by atoms with Gasteiger partial charge in [-0.25, -0.2) is 0 Å². The molecule has 0 amide bonds. The summed E-state index contributed by atoms with van der Waals surface area (Å²) in [6, 6.07) is 3.43. The van der Waals surface area contributed by atoms with E-state index >= 15 is 0 Å². The van der Waals surface area contributed by atoms with E-state index in [9.17, 15) is 4.79 Å². The third kappa shape index (κ3) is 4.79. The number of ether oxygens (including phenoxy) is 1. The third-order valence-corrected chi connectivity index (χ3v) is 4.04. The van der Waals surface area contributed by atoms with Gasteiger partial charge in [0.15, 0.2) is 11.0 Å². The summed E-state index contributed by atoms with van der Waals surface area (Å²) < 4.78 is 4.90. The molecule has 1 aromatic rings. The summed E-state index contributed by atoms with van der Waals surface area (Å²) in [6.07, 6.45) is 6.82. The van der Waals surface area contributed by atoms with E-state index in [0.717, 1.165) is 0 Å². The fourth-order valence-corrected chi connectivity index (χ4v) is 2.76. The summed E-state index contributed by atoms with van der Waals surface area (Å²) in [5.41, 5.74) is 0. The Bertz CT molecular complexity index is 659. The molecule has 0 bridgehead atoms. The molecule has 0 aromatic carbocycles. The van der Waals surface area contributed by atoms with E-state index in [0.29, 0.717) is 29.1 Å². The first kappa shape index (κ1) is 18.4. The van der Waals surface area contributed by atoms with Crippen LogP contribution in [0.25, 0.3) is 0 Å². The topological polar surface area (TPSA) is 67.7 Å². The lowest BCUT2D eigenvalue weighted by Crippen LogP contribution is -2.25. The number of rotatable bonds is 5. The highest BCUT2D eigenvalue weighted by Crippen LogP contribution is 2.27. The van der Waals surface area contributed by atoms with Crippen LogP contribution in [-0.2, 0) is 9.53 Å². The Morgan fingerprint density at radius 3 is 2.83 bits per heavy atom. The van der Waals surface area contributed by atoms with Crippen LogP contribution in [0.15, 0.2) is 40.5 Å². The standard InChI is InChI=1S/C16H18Cl2N4O2/c1-3-4-12(17)8-19-7-11-9-22(10-13(11)16(23)24-2)15-6-5-14(18)20-21-15/h3-8,11,13H,9-10H2,1-2H3/b4-3-,12-8+,19-7?/t11-,13-/m1/s1. The Morgan fingerprint density at radius 2 is 2.21 bits per heavy atom. The number of hydrogen-bond donors (Lipinski definition) is 0. The highest BCUT2D eigenvalue weighted by molar-refractivity contribution is 6.31. The summed E-state index contributed by atoms with van der Waals surface area (Å²) in [6.45, 7) is 2.93. The number of esters is 1. The van der Waals surface area contributed by atoms with Crippen molar-refractivity contribution >= 4 is 41.2 Å². The van der Waals surface area contributed by atoms with E-state index in [4.69, 9.17) is 27.9 Å². The highest BCUT2D eigenvalue weighted by Gasteiger charge is 2.38. The predicted molar refractivity (Wildman–Crippen MR) is 95.5 cm³/mol. The van der Waals surface area contributed by atoms with Gasteiger partial charge in [-0.15, -0.1) is 10.2 Å². The number of carbonyl (C=O) groups excluding carboxylic acids is 1. The number of hydrogen-bond acceptors (Lipinski definition) is 6. The number of aliphatic imine (C=N–C) groups is 1. The first-order valence-corrected chi connectivity index (χ1v) is 8.14. The molecule has 2 atom stereocenters. The van der Waals surface area contributed by atoms with Crippen LogP contribution in [0.1, 0.15) is 6.92 Å². The van der Waals surface area contributed by atoms with Crippen LogP contribution in [0.2, 0.25) is 5.15 Å². The molecule has 0 spiro atoms. The van der Waals surface area contributed by atoms with Gasteiger partial charge in [-0.1, -0.05) is 29.3 Å². The van der Waals surface area contributed by atoms with Gasteiger partial charge in [0.25, 0.3) is 0 Å². The van der Waals surface area contributed by atoms with Crippen LogP contribution >= 0.6 is 23.2 Å². The van der Waals surface area contributed by atoms with Crippen LogP contribution in [-0.4, -0.2) is 42.6 Å². The average Bonchev–Trinajstić information content (AvgIpc) is 2.99. The maximum atomic E-state index is 12.0. The third-order valence-electron chi connectivity index (χ3n) is 3.61. The molecular formula is C16H18Cl2N4O2. The van der Waals surface area contributed by atoms with Gasteiger partial charge in [0.05, 0.1) is 18.1 Å². The molecular weight excluding hydrogens is 351 g/mol. The number of aromatic nitrogens is 2. The van der Waals surface area contributed by atoms with Gasteiger partial charge in [-0.2, -0.15) is 0 Å². The van der Waals surface area contributed by atoms with Crippen molar-refractivity contribution in [1.82, 2.24) is 10.2 Å². The molecule has 1 aromatic heterocycles. The maximum absolute atomic E-state index is 12.0. The number of anilines is 1. The highest BCUT2D eigenvalue weighted by atomic mass is 35.5. The van der Waals surface area contributed by atoms with Gasteiger partial charge in [-0.05, 0) is 25.1 Å². The second-order valence-electron chi connectivity index (χ2n) is 5.22. The summed E-state index contributed by atoms with van der Waals surface area (Å²) >= 11 is 11.7. The Labute approximate surface area is 150 Å². The van der Waals surface area contributed by atoms with Crippen LogP contribution in [0.3, 0.4) is 0 Å². The minimum absolute atomic E-state index is 0.110. The van der Waals surface area contributed by atoms with Crippen LogP contribution < -0.4 is 4.90 Å². The quantitative estimate of drug-likeness (QED) is 0.453. The zero-order chi connectivity index (χ0) is 17.5. The monoisotopic (exact) mass is 368 g/mol. The van der Waals surface area contributed by atoms with Gasteiger partial charge in [0, 0.05) is 31.4 Å². The van der Waals surface area contributed by atoms with E-state index in [1.807, 2.05) is 17.9 Å². The first-order valence-electron chi connectivity index (χ1n) is 7.38. The predicted octanol–water partition coefficient (Wildman–Crippen LogP) is 3.08. The molecule has 128 valence electrons. The van der Waals surface area contributed by atoms with Gasteiger partial charge in [0.1, 0.15) is 0 Å². The summed E-state index contributed by atoms with van der Waals surface area (Å²) in [7, 11) is 1.38. The SMILES string of the molecule is C/C=C\C(Cl)=C/N=C[C@@H]1CN(c2ccc(Cl)nn2)C[C@H]1C(=O)OC. The van der Waals surface area contributed by atoms with Crippen LogP contribution in [0, 0.1) is 11.8 Å². The van der Waals surface area contributed by atoms with Crippen molar-refractivity contribution in [1.29, 1.82) is 0 Å². The summed E-state index contributed by atoms with van der Waals surface area (Å²) in [5, 5.41) is 8.73. The van der Waals surface area contributed by atoms with E-state index in [2.05, 4.69) is 15.2 Å². The Hall–Kier alpha value is -1.92. The molecule has 8 heteroatoms. The molecule has 0 unspecified atom stereocenters. The van der Waals surface area contributed by atoms with Crippen molar-refractivity contribution in [2.75, 3.05) is 25.1 Å². The van der Waals surface area contributed by atoms with Gasteiger partial charge in [0.2, 0.25) is 0 Å². The molecule has 6 nitrogen and oxygen atoms in total. The van der Waals surface area contributed by atoms with Crippen LogP contribution in [0.5, 0.6) is 0 Å². The molecule has 1 saturated heterocycles. The maximum Gasteiger partial charge on any atom is 0.311 e. The lowest BCUT2D eigenvalue weighted by Gasteiger charge is -2.15. The molecule has 0 radical (unpaired) electrons. The normalized spacial score (nSPS) is 21.8. The molecule has 1 aliphatic rings. The average molecular weight is 369 g/mol. The van der Waals surface area contributed by atoms with Gasteiger partial charge >= 0.3 is 5.97 Å². The zero-order valence-corrected chi connectivity index (χ0v) is 14.9. The fraction of sp³-hybridized carbons (Fsp3) is 0.375. The molecule has 1 fully saturated rings.